The first-order valence-corrected chi connectivity index (χ1v) is 10.9. The molecule has 162 valence electrons. The maximum atomic E-state index is 12.8. The van der Waals surface area contributed by atoms with Crippen molar-refractivity contribution in [1.29, 1.82) is 0 Å². The van der Waals surface area contributed by atoms with Gasteiger partial charge in [0.05, 0.1) is 33.1 Å². The van der Waals surface area contributed by atoms with Crippen LogP contribution >= 0.6 is 11.3 Å². The number of carbonyl (C=O) groups excluding carboxylic acids is 1. The van der Waals surface area contributed by atoms with Crippen molar-refractivity contribution in [2.45, 2.75) is 6.54 Å². The van der Waals surface area contributed by atoms with Crippen LogP contribution in [0.25, 0.3) is 11.3 Å². The van der Waals surface area contributed by atoms with Gasteiger partial charge in [0.2, 0.25) is 0 Å². The van der Waals surface area contributed by atoms with Crippen LogP contribution in [0.1, 0.15) is 15.9 Å². The van der Waals surface area contributed by atoms with Crippen molar-refractivity contribution in [3.8, 4) is 22.8 Å². The molecule has 1 aliphatic heterocycles. The first-order valence-electron chi connectivity index (χ1n) is 10.0. The molecular formula is C23H25N3O4S. The molecule has 1 amide bonds. The van der Waals surface area contributed by atoms with Crippen molar-refractivity contribution in [1.82, 2.24) is 9.88 Å². The zero-order valence-corrected chi connectivity index (χ0v) is 18.4. The zero-order valence-electron chi connectivity index (χ0n) is 17.6. The van der Waals surface area contributed by atoms with Crippen LogP contribution in [0.5, 0.6) is 11.5 Å². The molecule has 31 heavy (non-hydrogen) atoms. The third kappa shape index (κ3) is 5.22. The Hall–Kier alpha value is -2.94. The minimum absolute atomic E-state index is 0.178. The summed E-state index contributed by atoms with van der Waals surface area (Å²) in [5.74, 6) is 1.23. The van der Waals surface area contributed by atoms with Crippen LogP contribution in [0.4, 0.5) is 5.13 Å². The predicted octanol–water partition coefficient (Wildman–Crippen LogP) is 3.91. The molecule has 7 nitrogen and oxygen atoms in total. The van der Waals surface area contributed by atoms with Gasteiger partial charge in [-0.2, -0.15) is 0 Å². The third-order valence-electron chi connectivity index (χ3n) is 5.11. The second-order valence-corrected chi connectivity index (χ2v) is 8.01. The summed E-state index contributed by atoms with van der Waals surface area (Å²) >= 11 is 1.37. The first kappa shape index (κ1) is 21.3. The minimum Gasteiger partial charge on any atom is -0.497 e. The number of methoxy groups -OCH3 is 2. The molecule has 4 rings (SSSR count). The molecule has 0 saturated carbocycles. The fraction of sp³-hybridized carbons (Fsp3) is 0.304. The highest BCUT2D eigenvalue weighted by Gasteiger charge is 2.15. The lowest BCUT2D eigenvalue weighted by Gasteiger charge is -2.26. The summed E-state index contributed by atoms with van der Waals surface area (Å²) in [5, 5.41) is 5.33. The average Bonchev–Trinajstić information content (AvgIpc) is 3.27. The Morgan fingerprint density at radius 2 is 2.00 bits per heavy atom. The summed E-state index contributed by atoms with van der Waals surface area (Å²) in [6.07, 6.45) is 0. The Kier molecular flexibility index (Phi) is 6.81. The number of carbonyl (C=O) groups is 1. The van der Waals surface area contributed by atoms with E-state index in [1.165, 1.54) is 11.3 Å². The van der Waals surface area contributed by atoms with E-state index < -0.39 is 0 Å². The van der Waals surface area contributed by atoms with Gasteiger partial charge in [0, 0.05) is 36.1 Å². The molecule has 0 bridgehead atoms. The Bertz CT molecular complexity index is 1050. The lowest BCUT2D eigenvalue weighted by Crippen LogP contribution is -2.35. The van der Waals surface area contributed by atoms with E-state index in [0.29, 0.717) is 22.2 Å². The maximum absolute atomic E-state index is 12.8. The average molecular weight is 440 g/mol. The van der Waals surface area contributed by atoms with Crippen molar-refractivity contribution in [3.05, 3.63) is 59.0 Å². The highest BCUT2D eigenvalue weighted by Crippen LogP contribution is 2.35. The monoisotopic (exact) mass is 439 g/mol. The van der Waals surface area contributed by atoms with E-state index in [4.69, 9.17) is 14.2 Å². The van der Waals surface area contributed by atoms with Gasteiger partial charge in [-0.3, -0.25) is 15.0 Å². The molecule has 1 aromatic heterocycles. The molecule has 1 aliphatic rings. The van der Waals surface area contributed by atoms with E-state index in [1.54, 1.807) is 14.2 Å². The lowest BCUT2D eigenvalue weighted by atomic mass is 10.1. The predicted molar refractivity (Wildman–Crippen MR) is 121 cm³/mol. The molecule has 0 aliphatic carbocycles. The van der Waals surface area contributed by atoms with Gasteiger partial charge in [-0.05, 0) is 35.9 Å². The van der Waals surface area contributed by atoms with E-state index in [9.17, 15) is 4.79 Å². The topological polar surface area (TPSA) is 72.9 Å². The van der Waals surface area contributed by atoms with Crippen molar-refractivity contribution in [3.63, 3.8) is 0 Å². The van der Waals surface area contributed by atoms with E-state index in [-0.39, 0.29) is 5.91 Å². The van der Waals surface area contributed by atoms with Gasteiger partial charge >= 0.3 is 0 Å². The molecule has 1 saturated heterocycles. The molecule has 1 N–H and O–H groups in total. The number of thiazole rings is 1. The summed E-state index contributed by atoms with van der Waals surface area (Å²) in [6.45, 7) is 4.13. The number of amides is 1. The Balaban J connectivity index is 1.46. The van der Waals surface area contributed by atoms with Crippen LogP contribution < -0.4 is 14.8 Å². The Labute approximate surface area is 185 Å². The Morgan fingerprint density at radius 3 is 2.77 bits per heavy atom. The van der Waals surface area contributed by atoms with Crippen LogP contribution in [0.15, 0.2) is 47.8 Å². The number of anilines is 1. The second kappa shape index (κ2) is 9.91. The number of hydrogen-bond donors (Lipinski definition) is 1. The standard InChI is InChI=1S/C23H25N3O4S/c1-28-18-6-7-21(29-2)19(13-18)20-15-31-23(24-20)25-22(27)17-5-3-4-16(12-17)14-26-8-10-30-11-9-26/h3-7,12-13,15H,8-11,14H2,1-2H3,(H,24,25,27). The summed E-state index contributed by atoms with van der Waals surface area (Å²) in [5.41, 5.74) is 3.25. The van der Waals surface area contributed by atoms with Crippen molar-refractivity contribution < 1.29 is 19.0 Å². The van der Waals surface area contributed by atoms with Gasteiger partial charge in [0.25, 0.3) is 5.91 Å². The van der Waals surface area contributed by atoms with E-state index >= 15 is 0 Å². The molecule has 1 fully saturated rings. The van der Waals surface area contributed by atoms with Crippen LogP contribution in [-0.4, -0.2) is 56.3 Å². The van der Waals surface area contributed by atoms with Crippen molar-refractivity contribution in [2.75, 3.05) is 45.8 Å². The van der Waals surface area contributed by atoms with Gasteiger partial charge in [0.1, 0.15) is 11.5 Å². The zero-order chi connectivity index (χ0) is 21.6. The molecule has 3 aromatic rings. The number of benzene rings is 2. The quantitative estimate of drug-likeness (QED) is 0.602. The number of aromatic nitrogens is 1. The summed E-state index contributed by atoms with van der Waals surface area (Å²) in [6, 6.07) is 13.3. The van der Waals surface area contributed by atoms with E-state index in [1.807, 2.05) is 47.8 Å². The van der Waals surface area contributed by atoms with Crippen molar-refractivity contribution >= 4 is 22.4 Å². The number of nitrogens with one attached hydrogen (secondary N) is 1. The summed E-state index contributed by atoms with van der Waals surface area (Å²) in [7, 11) is 3.23. The van der Waals surface area contributed by atoms with Gasteiger partial charge in [-0.15, -0.1) is 11.3 Å². The summed E-state index contributed by atoms with van der Waals surface area (Å²) in [4.78, 5) is 19.7. The normalized spacial score (nSPS) is 14.3. The van der Waals surface area contributed by atoms with Gasteiger partial charge in [-0.25, -0.2) is 4.98 Å². The molecular weight excluding hydrogens is 414 g/mol. The number of hydrogen-bond acceptors (Lipinski definition) is 7. The third-order valence-corrected chi connectivity index (χ3v) is 5.86. The fourth-order valence-electron chi connectivity index (χ4n) is 3.47. The van der Waals surface area contributed by atoms with Crippen LogP contribution in [0, 0.1) is 0 Å². The molecule has 2 aromatic carbocycles. The SMILES string of the molecule is COc1ccc(OC)c(-c2csc(NC(=O)c3cccc(CN4CCOCC4)c3)n2)c1. The number of ether oxygens (including phenoxy) is 3. The minimum atomic E-state index is -0.178. The lowest BCUT2D eigenvalue weighted by molar-refractivity contribution is 0.0342. The number of morpholine rings is 1. The van der Waals surface area contributed by atoms with Gasteiger partial charge in [-0.1, -0.05) is 12.1 Å². The van der Waals surface area contributed by atoms with E-state index in [2.05, 4.69) is 15.2 Å². The molecule has 8 heteroatoms. The number of rotatable bonds is 7. The highest BCUT2D eigenvalue weighted by atomic mass is 32.1. The molecule has 0 atom stereocenters. The summed E-state index contributed by atoms with van der Waals surface area (Å²) < 4.78 is 16.2. The van der Waals surface area contributed by atoms with Crippen LogP contribution in [-0.2, 0) is 11.3 Å². The van der Waals surface area contributed by atoms with Crippen molar-refractivity contribution in [2.24, 2.45) is 0 Å². The maximum Gasteiger partial charge on any atom is 0.257 e. The smallest absolute Gasteiger partial charge is 0.257 e. The van der Waals surface area contributed by atoms with Gasteiger partial charge < -0.3 is 14.2 Å². The number of nitrogens with zero attached hydrogens (tertiary/aromatic N) is 2. The largest absolute Gasteiger partial charge is 0.497 e. The fourth-order valence-corrected chi connectivity index (χ4v) is 4.17. The highest BCUT2D eigenvalue weighted by molar-refractivity contribution is 7.14. The van der Waals surface area contributed by atoms with Gasteiger partial charge in [0.15, 0.2) is 5.13 Å². The molecule has 0 radical (unpaired) electrons. The second-order valence-electron chi connectivity index (χ2n) is 7.15. The van der Waals surface area contributed by atoms with E-state index in [0.717, 1.165) is 49.7 Å². The molecule has 2 heterocycles. The molecule has 0 unspecified atom stereocenters. The molecule has 0 spiro atoms. The Morgan fingerprint density at radius 1 is 1.16 bits per heavy atom. The van der Waals surface area contributed by atoms with Crippen LogP contribution in [0.3, 0.4) is 0 Å². The van der Waals surface area contributed by atoms with Crippen LogP contribution in [0.2, 0.25) is 0 Å². The first-order chi connectivity index (χ1) is 15.2.